The van der Waals surface area contributed by atoms with E-state index >= 15 is 0 Å². The molecule has 1 heterocycles. The van der Waals surface area contributed by atoms with Gasteiger partial charge in [0.05, 0.1) is 6.54 Å². The third kappa shape index (κ3) is 4.29. The van der Waals surface area contributed by atoms with E-state index in [1.165, 1.54) is 11.1 Å². The Balaban J connectivity index is 2.03. The van der Waals surface area contributed by atoms with Crippen LogP contribution in [-0.4, -0.2) is 16.7 Å². The number of rotatable bonds is 7. The number of benzene rings is 1. The van der Waals surface area contributed by atoms with Gasteiger partial charge in [-0.3, -0.25) is 0 Å². The average Bonchev–Trinajstić information content (AvgIpc) is 2.88. The highest BCUT2D eigenvalue weighted by molar-refractivity contribution is 5.62. The third-order valence-electron chi connectivity index (χ3n) is 3.27. The summed E-state index contributed by atoms with van der Waals surface area (Å²) in [4.78, 5) is 0. The maximum absolute atomic E-state index is 5.63. The number of aromatic nitrogens is 2. The van der Waals surface area contributed by atoms with Gasteiger partial charge in [-0.05, 0) is 36.9 Å². The van der Waals surface area contributed by atoms with E-state index in [4.69, 9.17) is 4.42 Å². The van der Waals surface area contributed by atoms with Crippen LogP contribution in [0.5, 0.6) is 0 Å². The van der Waals surface area contributed by atoms with E-state index in [-0.39, 0.29) is 0 Å². The van der Waals surface area contributed by atoms with Crippen molar-refractivity contribution in [2.24, 2.45) is 5.92 Å². The van der Waals surface area contributed by atoms with Crippen LogP contribution in [0.15, 0.2) is 22.6 Å². The largest absolute Gasteiger partial charge is 0.406 e. The Hall–Kier alpha value is -1.88. The van der Waals surface area contributed by atoms with Gasteiger partial charge < -0.3 is 15.1 Å². The molecule has 0 aliphatic rings. The van der Waals surface area contributed by atoms with Crippen molar-refractivity contribution >= 4 is 11.7 Å². The Labute approximate surface area is 126 Å². The molecule has 0 saturated heterocycles. The van der Waals surface area contributed by atoms with Gasteiger partial charge in [0.2, 0.25) is 5.89 Å². The molecule has 0 radical (unpaired) electrons. The minimum atomic E-state index is 0.445. The SMILES string of the molecule is CCc1cccc(C)c1Nc1nnc(CNCC(C)C)o1. The smallest absolute Gasteiger partial charge is 0.320 e. The van der Waals surface area contributed by atoms with Gasteiger partial charge in [0.15, 0.2) is 0 Å². The summed E-state index contributed by atoms with van der Waals surface area (Å²) in [6.45, 7) is 10.1. The Morgan fingerprint density at radius 2 is 2.05 bits per heavy atom. The Kier molecular flexibility index (Phi) is 5.33. The van der Waals surface area contributed by atoms with Gasteiger partial charge in [-0.2, -0.15) is 0 Å². The number of anilines is 2. The highest BCUT2D eigenvalue weighted by Gasteiger charge is 2.10. The monoisotopic (exact) mass is 288 g/mol. The lowest BCUT2D eigenvalue weighted by Crippen LogP contribution is -2.19. The highest BCUT2D eigenvalue weighted by Crippen LogP contribution is 2.24. The molecule has 0 unspecified atom stereocenters. The zero-order valence-electron chi connectivity index (χ0n) is 13.2. The van der Waals surface area contributed by atoms with Crippen LogP contribution in [0.2, 0.25) is 0 Å². The second kappa shape index (κ2) is 7.22. The fourth-order valence-electron chi connectivity index (χ4n) is 2.15. The molecule has 0 atom stereocenters. The normalized spacial score (nSPS) is 11.1. The first-order valence-corrected chi connectivity index (χ1v) is 7.48. The van der Waals surface area contributed by atoms with Crippen molar-refractivity contribution in [3.05, 3.63) is 35.2 Å². The first-order valence-electron chi connectivity index (χ1n) is 7.48. The minimum Gasteiger partial charge on any atom is -0.406 e. The van der Waals surface area contributed by atoms with Crippen molar-refractivity contribution in [2.75, 3.05) is 11.9 Å². The van der Waals surface area contributed by atoms with Crippen LogP contribution < -0.4 is 10.6 Å². The number of nitrogens with one attached hydrogen (secondary N) is 2. The molecular formula is C16H24N4O. The molecular weight excluding hydrogens is 264 g/mol. The molecule has 0 amide bonds. The molecule has 0 aliphatic heterocycles. The molecule has 5 nitrogen and oxygen atoms in total. The Morgan fingerprint density at radius 3 is 2.76 bits per heavy atom. The van der Waals surface area contributed by atoms with Gasteiger partial charge in [0.25, 0.3) is 0 Å². The number of aryl methyl sites for hydroxylation is 2. The molecule has 2 aromatic rings. The molecule has 114 valence electrons. The average molecular weight is 288 g/mol. The summed E-state index contributed by atoms with van der Waals surface area (Å²) < 4.78 is 5.63. The molecule has 2 N–H and O–H groups in total. The number of hydrogen-bond acceptors (Lipinski definition) is 5. The molecule has 0 saturated carbocycles. The van der Waals surface area contributed by atoms with Crippen molar-refractivity contribution in [3.63, 3.8) is 0 Å². The van der Waals surface area contributed by atoms with Crippen LogP contribution in [0.1, 0.15) is 37.8 Å². The van der Waals surface area contributed by atoms with Crippen molar-refractivity contribution < 1.29 is 4.42 Å². The molecule has 0 bridgehead atoms. The first-order chi connectivity index (χ1) is 10.1. The molecule has 2 rings (SSSR count). The maximum Gasteiger partial charge on any atom is 0.320 e. The van der Waals surface area contributed by atoms with Crippen LogP contribution in [0, 0.1) is 12.8 Å². The van der Waals surface area contributed by atoms with Crippen LogP contribution in [0.4, 0.5) is 11.7 Å². The van der Waals surface area contributed by atoms with Crippen LogP contribution in [-0.2, 0) is 13.0 Å². The molecule has 0 spiro atoms. The minimum absolute atomic E-state index is 0.445. The fraction of sp³-hybridized carbons (Fsp3) is 0.500. The van der Waals surface area contributed by atoms with Gasteiger partial charge in [-0.1, -0.05) is 44.1 Å². The standard InChI is InChI=1S/C16H24N4O/c1-5-13-8-6-7-12(4)15(13)18-16-20-19-14(21-16)10-17-9-11(2)3/h6-8,11,17H,5,9-10H2,1-4H3,(H,18,20). The summed E-state index contributed by atoms with van der Waals surface area (Å²) in [7, 11) is 0. The van der Waals surface area contributed by atoms with E-state index in [1.807, 2.05) is 0 Å². The lowest BCUT2D eigenvalue weighted by Gasteiger charge is -2.10. The van der Waals surface area contributed by atoms with Gasteiger partial charge in [0.1, 0.15) is 0 Å². The highest BCUT2D eigenvalue weighted by atomic mass is 16.4. The van der Waals surface area contributed by atoms with Crippen LogP contribution in [0.3, 0.4) is 0 Å². The summed E-state index contributed by atoms with van der Waals surface area (Å²) in [5.41, 5.74) is 3.48. The van der Waals surface area contributed by atoms with Gasteiger partial charge in [-0.25, -0.2) is 0 Å². The van der Waals surface area contributed by atoms with E-state index in [2.05, 4.69) is 66.7 Å². The number of nitrogens with zero attached hydrogens (tertiary/aromatic N) is 2. The zero-order valence-corrected chi connectivity index (χ0v) is 13.2. The fourth-order valence-corrected chi connectivity index (χ4v) is 2.15. The summed E-state index contributed by atoms with van der Waals surface area (Å²) >= 11 is 0. The lowest BCUT2D eigenvalue weighted by atomic mass is 10.1. The van der Waals surface area contributed by atoms with Crippen molar-refractivity contribution in [1.29, 1.82) is 0 Å². The second-order valence-corrected chi connectivity index (χ2v) is 5.61. The summed E-state index contributed by atoms with van der Waals surface area (Å²) in [5, 5.41) is 14.6. The summed E-state index contributed by atoms with van der Waals surface area (Å²) in [6.07, 6.45) is 0.959. The molecule has 21 heavy (non-hydrogen) atoms. The topological polar surface area (TPSA) is 63.0 Å². The zero-order chi connectivity index (χ0) is 15.2. The Morgan fingerprint density at radius 1 is 1.24 bits per heavy atom. The quantitative estimate of drug-likeness (QED) is 0.817. The lowest BCUT2D eigenvalue weighted by molar-refractivity contribution is 0.460. The van der Waals surface area contributed by atoms with Gasteiger partial charge in [-0.15, -0.1) is 5.10 Å². The molecule has 0 fully saturated rings. The molecule has 0 aliphatic carbocycles. The van der Waals surface area contributed by atoms with E-state index < -0.39 is 0 Å². The van der Waals surface area contributed by atoms with Crippen molar-refractivity contribution in [3.8, 4) is 0 Å². The second-order valence-electron chi connectivity index (χ2n) is 5.61. The number of para-hydroxylation sites is 1. The summed E-state index contributed by atoms with van der Waals surface area (Å²) in [6, 6.07) is 6.69. The van der Waals surface area contributed by atoms with Crippen molar-refractivity contribution in [1.82, 2.24) is 15.5 Å². The van der Waals surface area contributed by atoms with E-state index in [1.54, 1.807) is 0 Å². The number of hydrogen-bond donors (Lipinski definition) is 2. The first kappa shape index (κ1) is 15.5. The van der Waals surface area contributed by atoms with Gasteiger partial charge in [0, 0.05) is 5.69 Å². The molecule has 1 aromatic carbocycles. The Bertz CT molecular complexity index is 577. The third-order valence-corrected chi connectivity index (χ3v) is 3.27. The van der Waals surface area contributed by atoms with E-state index in [0.717, 1.165) is 18.7 Å². The maximum atomic E-state index is 5.63. The van der Waals surface area contributed by atoms with Crippen molar-refractivity contribution in [2.45, 2.75) is 40.7 Å². The van der Waals surface area contributed by atoms with E-state index in [0.29, 0.717) is 24.4 Å². The summed E-state index contributed by atoms with van der Waals surface area (Å²) in [5.74, 6) is 1.20. The van der Waals surface area contributed by atoms with Gasteiger partial charge >= 0.3 is 6.01 Å². The van der Waals surface area contributed by atoms with E-state index in [9.17, 15) is 0 Å². The predicted molar refractivity (Wildman–Crippen MR) is 84.7 cm³/mol. The molecule has 5 heteroatoms. The molecule has 1 aromatic heterocycles. The van der Waals surface area contributed by atoms with Crippen LogP contribution in [0.25, 0.3) is 0 Å². The van der Waals surface area contributed by atoms with Crippen LogP contribution >= 0.6 is 0 Å². The predicted octanol–water partition coefficient (Wildman–Crippen LogP) is 3.43.